The SMILES string of the molecule is CC(O)CCN(C)C(=O)Cc1ccc([N+](=O)[O-])cc1. The molecule has 1 aromatic rings. The van der Waals surface area contributed by atoms with Crippen LogP contribution < -0.4 is 0 Å². The van der Waals surface area contributed by atoms with Gasteiger partial charge in [0, 0.05) is 25.7 Å². The van der Waals surface area contributed by atoms with Gasteiger partial charge in [-0.1, -0.05) is 12.1 Å². The van der Waals surface area contributed by atoms with E-state index in [0.717, 1.165) is 5.56 Å². The third-order valence-corrected chi connectivity index (χ3v) is 2.81. The monoisotopic (exact) mass is 266 g/mol. The third-order valence-electron chi connectivity index (χ3n) is 2.81. The summed E-state index contributed by atoms with van der Waals surface area (Å²) in [6.45, 7) is 2.16. The molecule has 1 aromatic carbocycles. The molecule has 0 aliphatic heterocycles. The lowest BCUT2D eigenvalue weighted by molar-refractivity contribution is -0.384. The first kappa shape index (κ1) is 15.1. The average Bonchev–Trinajstić information content (AvgIpc) is 2.36. The lowest BCUT2D eigenvalue weighted by atomic mass is 10.1. The molecule has 1 unspecified atom stereocenters. The van der Waals surface area contributed by atoms with Gasteiger partial charge in [0.2, 0.25) is 5.91 Å². The van der Waals surface area contributed by atoms with Crippen molar-refractivity contribution in [2.45, 2.75) is 25.9 Å². The fourth-order valence-electron chi connectivity index (χ4n) is 1.55. The standard InChI is InChI=1S/C13H18N2O4/c1-10(16)7-8-14(2)13(17)9-11-3-5-12(6-4-11)15(18)19/h3-6,10,16H,7-9H2,1-2H3. The molecular formula is C13H18N2O4. The molecule has 0 aliphatic rings. The van der Waals surface area contributed by atoms with Gasteiger partial charge in [-0.3, -0.25) is 14.9 Å². The zero-order chi connectivity index (χ0) is 14.4. The Morgan fingerprint density at radius 3 is 2.47 bits per heavy atom. The Balaban J connectivity index is 2.54. The van der Waals surface area contributed by atoms with Crippen molar-refractivity contribution in [1.29, 1.82) is 0 Å². The highest BCUT2D eigenvalue weighted by atomic mass is 16.6. The van der Waals surface area contributed by atoms with E-state index in [1.165, 1.54) is 12.1 Å². The van der Waals surface area contributed by atoms with Gasteiger partial charge in [-0.05, 0) is 18.9 Å². The molecule has 6 nitrogen and oxygen atoms in total. The maximum absolute atomic E-state index is 11.9. The first-order chi connectivity index (χ1) is 8.90. The van der Waals surface area contributed by atoms with E-state index in [-0.39, 0.29) is 18.0 Å². The summed E-state index contributed by atoms with van der Waals surface area (Å²) in [6, 6.07) is 5.94. The van der Waals surface area contributed by atoms with Crippen LogP contribution in [-0.4, -0.2) is 40.5 Å². The van der Waals surface area contributed by atoms with E-state index in [2.05, 4.69) is 0 Å². The van der Waals surface area contributed by atoms with Crippen molar-refractivity contribution < 1.29 is 14.8 Å². The average molecular weight is 266 g/mol. The molecule has 0 aliphatic carbocycles. The normalized spacial score (nSPS) is 11.9. The van der Waals surface area contributed by atoms with E-state index < -0.39 is 11.0 Å². The first-order valence-corrected chi connectivity index (χ1v) is 6.05. The summed E-state index contributed by atoms with van der Waals surface area (Å²) in [5, 5.41) is 19.7. The molecule has 0 radical (unpaired) electrons. The topological polar surface area (TPSA) is 83.7 Å². The van der Waals surface area contributed by atoms with E-state index in [9.17, 15) is 14.9 Å². The molecule has 6 heteroatoms. The minimum atomic E-state index is -0.472. The quantitative estimate of drug-likeness (QED) is 0.622. The Morgan fingerprint density at radius 1 is 1.42 bits per heavy atom. The number of nitrogens with zero attached hydrogens (tertiary/aromatic N) is 2. The fraction of sp³-hybridized carbons (Fsp3) is 0.462. The number of hydrogen-bond acceptors (Lipinski definition) is 4. The number of nitro groups is 1. The second kappa shape index (κ2) is 6.84. The minimum Gasteiger partial charge on any atom is -0.393 e. The van der Waals surface area contributed by atoms with Gasteiger partial charge in [0.25, 0.3) is 5.69 Å². The van der Waals surface area contributed by atoms with E-state index >= 15 is 0 Å². The summed E-state index contributed by atoms with van der Waals surface area (Å²) < 4.78 is 0. The van der Waals surface area contributed by atoms with Gasteiger partial charge in [0.15, 0.2) is 0 Å². The summed E-state index contributed by atoms with van der Waals surface area (Å²) in [4.78, 5) is 23.4. The maximum Gasteiger partial charge on any atom is 0.269 e. The number of rotatable bonds is 6. The van der Waals surface area contributed by atoms with Crippen molar-refractivity contribution in [2.24, 2.45) is 0 Å². The fourth-order valence-corrected chi connectivity index (χ4v) is 1.55. The molecule has 0 saturated heterocycles. The minimum absolute atomic E-state index is 0.0126. The zero-order valence-corrected chi connectivity index (χ0v) is 11.1. The molecule has 0 fully saturated rings. The van der Waals surface area contributed by atoms with Crippen LogP contribution in [0.4, 0.5) is 5.69 Å². The van der Waals surface area contributed by atoms with Crippen LogP contribution in [0.25, 0.3) is 0 Å². The van der Waals surface area contributed by atoms with Gasteiger partial charge in [0.05, 0.1) is 17.4 Å². The van der Waals surface area contributed by atoms with Crippen LogP contribution in [0.1, 0.15) is 18.9 Å². The number of nitro benzene ring substituents is 1. The Bertz CT molecular complexity index is 442. The van der Waals surface area contributed by atoms with Crippen molar-refractivity contribution in [1.82, 2.24) is 4.90 Å². The number of likely N-dealkylation sites (N-methyl/N-ethyl adjacent to an activating group) is 1. The van der Waals surface area contributed by atoms with Crippen molar-refractivity contribution in [3.05, 3.63) is 39.9 Å². The molecule has 104 valence electrons. The van der Waals surface area contributed by atoms with Gasteiger partial charge < -0.3 is 10.0 Å². The van der Waals surface area contributed by atoms with Crippen molar-refractivity contribution in [2.75, 3.05) is 13.6 Å². The smallest absolute Gasteiger partial charge is 0.269 e. The van der Waals surface area contributed by atoms with E-state index in [4.69, 9.17) is 5.11 Å². The second-order valence-corrected chi connectivity index (χ2v) is 4.55. The number of carbonyl (C=O) groups excluding carboxylic acids is 1. The summed E-state index contributed by atoms with van der Waals surface area (Å²) in [6.07, 6.45) is 0.297. The molecule has 0 spiro atoms. The summed E-state index contributed by atoms with van der Waals surface area (Å²) in [7, 11) is 1.68. The molecule has 1 N–H and O–H groups in total. The lowest BCUT2D eigenvalue weighted by Gasteiger charge is -2.18. The largest absolute Gasteiger partial charge is 0.393 e. The molecule has 0 heterocycles. The van der Waals surface area contributed by atoms with Crippen LogP contribution >= 0.6 is 0 Å². The maximum atomic E-state index is 11.9. The van der Waals surface area contributed by atoms with Gasteiger partial charge >= 0.3 is 0 Å². The van der Waals surface area contributed by atoms with Gasteiger partial charge in [-0.25, -0.2) is 0 Å². The number of carbonyl (C=O) groups is 1. The molecule has 1 rings (SSSR count). The van der Waals surface area contributed by atoms with Crippen LogP contribution in [-0.2, 0) is 11.2 Å². The predicted octanol–water partition coefficient (Wildman–Crippen LogP) is 1.37. The Labute approximate surface area is 111 Å². The third kappa shape index (κ3) is 5.05. The highest BCUT2D eigenvalue weighted by Crippen LogP contribution is 2.12. The zero-order valence-electron chi connectivity index (χ0n) is 11.1. The van der Waals surface area contributed by atoms with E-state index in [1.54, 1.807) is 31.0 Å². The van der Waals surface area contributed by atoms with Crippen LogP contribution in [0.3, 0.4) is 0 Å². The van der Waals surface area contributed by atoms with Crippen molar-refractivity contribution in [3.63, 3.8) is 0 Å². The number of aliphatic hydroxyl groups is 1. The van der Waals surface area contributed by atoms with Crippen LogP contribution in [0.5, 0.6) is 0 Å². The van der Waals surface area contributed by atoms with Crippen LogP contribution in [0.2, 0.25) is 0 Å². The predicted molar refractivity (Wildman–Crippen MR) is 70.7 cm³/mol. The van der Waals surface area contributed by atoms with Crippen molar-refractivity contribution in [3.8, 4) is 0 Å². The van der Waals surface area contributed by atoms with E-state index in [1.807, 2.05) is 0 Å². The van der Waals surface area contributed by atoms with E-state index in [0.29, 0.717) is 13.0 Å². The molecule has 1 atom stereocenters. The number of benzene rings is 1. The van der Waals surface area contributed by atoms with Crippen LogP contribution in [0, 0.1) is 10.1 Å². The molecule has 0 aromatic heterocycles. The summed E-state index contributed by atoms with van der Waals surface area (Å²) >= 11 is 0. The highest BCUT2D eigenvalue weighted by molar-refractivity contribution is 5.78. The lowest BCUT2D eigenvalue weighted by Crippen LogP contribution is -2.30. The van der Waals surface area contributed by atoms with Gasteiger partial charge in [-0.15, -0.1) is 0 Å². The van der Waals surface area contributed by atoms with Crippen molar-refractivity contribution >= 4 is 11.6 Å². The Hall–Kier alpha value is -1.95. The number of amides is 1. The molecule has 1 amide bonds. The number of aliphatic hydroxyl groups excluding tert-OH is 1. The highest BCUT2D eigenvalue weighted by Gasteiger charge is 2.11. The first-order valence-electron chi connectivity index (χ1n) is 6.05. The molecule has 0 saturated carbocycles. The molecule has 0 bridgehead atoms. The Kier molecular flexibility index (Phi) is 5.44. The van der Waals surface area contributed by atoms with Gasteiger partial charge in [0.1, 0.15) is 0 Å². The molecular weight excluding hydrogens is 248 g/mol. The number of hydrogen-bond donors (Lipinski definition) is 1. The molecule has 19 heavy (non-hydrogen) atoms. The summed E-state index contributed by atoms with van der Waals surface area (Å²) in [5.74, 6) is -0.0745. The Morgan fingerprint density at radius 2 is 2.00 bits per heavy atom. The second-order valence-electron chi connectivity index (χ2n) is 4.55. The van der Waals surface area contributed by atoms with Crippen LogP contribution in [0.15, 0.2) is 24.3 Å². The van der Waals surface area contributed by atoms with Gasteiger partial charge in [-0.2, -0.15) is 0 Å². The number of non-ortho nitro benzene ring substituents is 1. The summed E-state index contributed by atoms with van der Waals surface area (Å²) in [5.41, 5.74) is 0.748.